The van der Waals surface area contributed by atoms with Crippen molar-refractivity contribution in [1.29, 1.82) is 0 Å². The number of amides is 1. The summed E-state index contributed by atoms with van der Waals surface area (Å²) in [7, 11) is 0. The molecule has 3 aromatic carbocycles. The maximum atomic E-state index is 12.5. The molecule has 1 amide bonds. The van der Waals surface area contributed by atoms with Crippen LogP contribution >= 0.6 is 0 Å². The van der Waals surface area contributed by atoms with Crippen LogP contribution in [0.2, 0.25) is 0 Å². The molecule has 1 N–H and O–H groups in total. The molecule has 142 valence electrons. The number of likely N-dealkylation sites (tertiary alicyclic amines) is 1. The molecule has 0 unspecified atom stereocenters. The summed E-state index contributed by atoms with van der Waals surface area (Å²) < 4.78 is 0. The summed E-state index contributed by atoms with van der Waals surface area (Å²) in [4.78, 5) is 15.0. The minimum Gasteiger partial charge on any atom is -0.348 e. The molecule has 4 rings (SSSR count). The zero-order valence-corrected chi connectivity index (χ0v) is 16.1. The van der Waals surface area contributed by atoms with E-state index in [9.17, 15) is 4.79 Å². The minimum atomic E-state index is -0.0374. The van der Waals surface area contributed by atoms with Gasteiger partial charge in [0.05, 0.1) is 0 Å². The Balaban J connectivity index is 1.35. The van der Waals surface area contributed by atoms with E-state index < -0.39 is 0 Å². The van der Waals surface area contributed by atoms with Gasteiger partial charge in [-0.25, -0.2) is 0 Å². The molecule has 0 bridgehead atoms. The van der Waals surface area contributed by atoms with Crippen molar-refractivity contribution < 1.29 is 4.79 Å². The van der Waals surface area contributed by atoms with Gasteiger partial charge in [-0.1, -0.05) is 66.7 Å². The van der Waals surface area contributed by atoms with Gasteiger partial charge in [0.25, 0.3) is 5.91 Å². The molecule has 0 aromatic heterocycles. The Bertz CT molecular complexity index is 913. The molecular formula is C25H26N2O. The molecule has 1 saturated heterocycles. The van der Waals surface area contributed by atoms with Gasteiger partial charge in [-0.3, -0.25) is 9.69 Å². The van der Waals surface area contributed by atoms with Crippen LogP contribution in [0, 0.1) is 0 Å². The minimum absolute atomic E-state index is 0.0374. The molecule has 0 aliphatic carbocycles. The fraction of sp³-hybridized carbons (Fsp3) is 0.240. The first kappa shape index (κ1) is 18.5. The van der Waals surface area contributed by atoms with Crippen molar-refractivity contribution >= 4 is 5.91 Å². The fourth-order valence-electron chi connectivity index (χ4n) is 3.77. The second kappa shape index (κ2) is 8.85. The lowest BCUT2D eigenvalue weighted by atomic mass is 10.0. The number of nitrogens with one attached hydrogen (secondary N) is 1. The van der Waals surface area contributed by atoms with Gasteiger partial charge in [-0.15, -0.1) is 0 Å². The van der Waals surface area contributed by atoms with Crippen molar-refractivity contribution in [1.82, 2.24) is 10.2 Å². The van der Waals surface area contributed by atoms with Crippen LogP contribution in [0.3, 0.4) is 0 Å². The molecule has 0 atom stereocenters. The van der Waals surface area contributed by atoms with E-state index in [1.165, 1.54) is 31.5 Å². The van der Waals surface area contributed by atoms with Crippen LogP contribution < -0.4 is 5.32 Å². The van der Waals surface area contributed by atoms with Gasteiger partial charge in [-0.2, -0.15) is 0 Å². The van der Waals surface area contributed by atoms with Gasteiger partial charge in [0, 0.05) is 18.7 Å². The number of benzene rings is 3. The molecule has 1 heterocycles. The van der Waals surface area contributed by atoms with Crippen molar-refractivity contribution in [2.45, 2.75) is 25.9 Å². The van der Waals surface area contributed by atoms with E-state index in [1.54, 1.807) is 0 Å². The van der Waals surface area contributed by atoms with Crippen LogP contribution in [0.15, 0.2) is 78.9 Å². The molecule has 28 heavy (non-hydrogen) atoms. The third-order valence-electron chi connectivity index (χ3n) is 5.30. The Hall–Kier alpha value is -2.91. The summed E-state index contributed by atoms with van der Waals surface area (Å²) in [6.45, 7) is 3.94. The summed E-state index contributed by atoms with van der Waals surface area (Å²) >= 11 is 0. The van der Waals surface area contributed by atoms with Gasteiger partial charge in [-0.05, 0) is 60.3 Å². The zero-order chi connectivity index (χ0) is 19.2. The Kier molecular flexibility index (Phi) is 5.83. The monoisotopic (exact) mass is 370 g/mol. The summed E-state index contributed by atoms with van der Waals surface area (Å²) in [6.07, 6.45) is 2.61. The second-order valence-electron chi connectivity index (χ2n) is 7.43. The predicted octanol–water partition coefficient (Wildman–Crippen LogP) is 4.88. The lowest BCUT2D eigenvalue weighted by Gasteiger charge is -2.15. The summed E-state index contributed by atoms with van der Waals surface area (Å²) in [5.41, 5.74) is 5.43. The number of carbonyl (C=O) groups is 1. The van der Waals surface area contributed by atoms with E-state index in [1.807, 2.05) is 42.5 Å². The SMILES string of the molecule is O=C(NCc1cccc(CN2CCCC2)c1)c1ccc(-c2ccccc2)cc1. The molecular weight excluding hydrogens is 344 g/mol. The van der Waals surface area contributed by atoms with Crippen LogP contribution in [-0.2, 0) is 13.1 Å². The smallest absolute Gasteiger partial charge is 0.251 e. The van der Waals surface area contributed by atoms with Crippen molar-refractivity contribution in [3.8, 4) is 11.1 Å². The molecule has 3 aromatic rings. The first-order valence-corrected chi connectivity index (χ1v) is 10.0. The quantitative estimate of drug-likeness (QED) is 0.671. The Morgan fingerprint density at radius 1 is 0.786 bits per heavy atom. The van der Waals surface area contributed by atoms with Crippen molar-refractivity contribution in [2.75, 3.05) is 13.1 Å². The second-order valence-corrected chi connectivity index (χ2v) is 7.43. The highest BCUT2D eigenvalue weighted by Gasteiger charge is 2.12. The van der Waals surface area contributed by atoms with E-state index in [0.717, 1.165) is 23.2 Å². The van der Waals surface area contributed by atoms with Crippen molar-refractivity contribution in [3.63, 3.8) is 0 Å². The molecule has 3 nitrogen and oxygen atoms in total. The highest BCUT2D eigenvalue weighted by molar-refractivity contribution is 5.94. The van der Waals surface area contributed by atoms with Gasteiger partial charge < -0.3 is 5.32 Å². The molecule has 1 fully saturated rings. The first-order valence-electron chi connectivity index (χ1n) is 10.0. The summed E-state index contributed by atoms with van der Waals surface area (Å²) in [5, 5.41) is 3.04. The van der Waals surface area contributed by atoms with Crippen molar-refractivity contribution in [3.05, 3.63) is 95.6 Å². The largest absolute Gasteiger partial charge is 0.348 e. The number of hydrogen-bond acceptors (Lipinski definition) is 2. The number of nitrogens with zero attached hydrogens (tertiary/aromatic N) is 1. The molecule has 1 aliphatic heterocycles. The molecule has 0 radical (unpaired) electrons. The van der Waals surface area contributed by atoms with Gasteiger partial charge in [0.1, 0.15) is 0 Å². The zero-order valence-electron chi connectivity index (χ0n) is 16.1. The van der Waals surface area contributed by atoms with Gasteiger partial charge >= 0.3 is 0 Å². The first-order chi connectivity index (χ1) is 13.8. The topological polar surface area (TPSA) is 32.3 Å². The third-order valence-corrected chi connectivity index (χ3v) is 5.30. The normalized spacial score (nSPS) is 14.1. The molecule has 1 aliphatic rings. The molecule has 0 spiro atoms. The van der Waals surface area contributed by atoms with E-state index >= 15 is 0 Å². The average molecular weight is 370 g/mol. The van der Waals surface area contributed by atoms with Crippen molar-refractivity contribution in [2.24, 2.45) is 0 Å². The lowest BCUT2D eigenvalue weighted by Crippen LogP contribution is -2.23. The Morgan fingerprint density at radius 2 is 1.46 bits per heavy atom. The summed E-state index contributed by atoms with van der Waals surface area (Å²) in [6, 6.07) is 26.5. The standard InChI is InChI=1S/C25H26N2O/c28-25(24-13-11-23(12-14-24)22-9-2-1-3-10-22)26-18-20-7-6-8-21(17-20)19-27-15-4-5-16-27/h1-3,6-14,17H,4-5,15-16,18-19H2,(H,26,28). The van der Waals surface area contributed by atoms with E-state index in [2.05, 4.69) is 46.6 Å². The third kappa shape index (κ3) is 4.68. The van der Waals surface area contributed by atoms with E-state index in [-0.39, 0.29) is 5.91 Å². The van der Waals surface area contributed by atoms with E-state index in [0.29, 0.717) is 12.1 Å². The van der Waals surface area contributed by atoms with Crippen LogP contribution in [0.5, 0.6) is 0 Å². The highest BCUT2D eigenvalue weighted by Crippen LogP contribution is 2.19. The van der Waals surface area contributed by atoms with Crippen LogP contribution in [-0.4, -0.2) is 23.9 Å². The Morgan fingerprint density at radius 3 is 2.21 bits per heavy atom. The van der Waals surface area contributed by atoms with Crippen LogP contribution in [0.25, 0.3) is 11.1 Å². The maximum Gasteiger partial charge on any atom is 0.251 e. The van der Waals surface area contributed by atoms with E-state index in [4.69, 9.17) is 0 Å². The van der Waals surface area contributed by atoms with Crippen LogP contribution in [0.4, 0.5) is 0 Å². The lowest BCUT2D eigenvalue weighted by molar-refractivity contribution is 0.0951. The van der Waals surface area contributed by atoms with Gasteiger partial charge in [0.2, 0.25) is 0 Å². The Labute approximate surface area is 167 Å². The van der Waals surface area contributed by atoms with Crippen LogP contribution in [0.1, 0.15) is 34.3 Å². The maximum absolute atomic E-state index is 12.5. The number of rotatable bonds is 6. The van der Waals surface area contributed by atoms with Gasteiger partial charge in [0.15, 0.2) is 0 Å². The average Bonchev–Trinajstić information content (AvgIpc) is 3.26. The summed E-state index contributed by atoms with van der Waals surface area (Å²) in [5.74, 6) is -0.0374. The number of carbonyl (C=O) groups excluding carboxylic acids is 1. The highest BCUT2D eigenvalue weighted by atomic mass is 16.1. The fourth-order valence-corrected chi connectivity index (χ4v) is 3.77. The predicted molar refractivity (Wildman–Crippen MR) is 114 cm³/mol. The molecule has 0 saturated carbocycles. The number of hydrogen-bond donors (Lipinski definition) is 1. The molecule has 3 heteroatoms.